The van der Waals surface area contributed by atoms with E-state index in [1.807, 2.05) is 24.3 Å². The third-order valence-corrected chi connectivity index (χ3v) is 5.87. The fourth-order valence-electron chi connectivity index (χ4n) is 3.47. The predicted octanol–water partition coefficient (Wildman–Crippen LogP) is 0.975. The molecule has 154 valence electrons. The first kappa shape index (κ1) is 21.5. The van der Waals surface area contributed by atoms with Crippen LogP contribution in [0.25, 0.3) is 0 Å². The Hall–Kier alpha value is -1.20. The highest BCUT2D eigenvalue weighted by Crippen LogP contribution is 2.27. The third-order valence-electron chi connectivity index (χ3n) is 4.97. The van der Waals surface area contributed by atoms with E-state index in [9.17, 15) is 9.90 Å². The van der Waals surface area contributed by atoms with E-state index in [0.717, 1.165) is 23.0 Å². The Morgan fingerprint density at radius 3 is 2.89 bits per heavy atom. The van der Waals surface area contributed by atoms with Crippen LogP contribution in [0.3, 0.4) is 0 Å². The van der Waals surface area contributed by atoms with Crippen molar-refractivity contribution >= 4 is 28.5 Å². The lowest BCUT2D eigenvalue weighted by atomic mass is 9.89. The number of carbonyl (C=O) groups excluding carboxylic acids is 1. The molecular formula is C20H27IN2O5. The molecule has 28 heavy (non-hydrogen) atoms. The lowest BCUT2D eigenvalue weighted by Crippen LogP contribution is -2.53. The molecule has 0 saturated carbocycles. The number of hydrogen-bond donors (Lipinski definition) is 4. The van der Waals surface area contributed by atoms with Crippen molar-refractivity contribution in [2.24, 2.45) is 0 Å². The minimum Gasteiger partial charge on any atom is -0.482 e. The first-order valence-corrected chi connectivity index (χ1v) is 10.7. The Labute approximate surface area is 178 Å². The van der Waals surface area contributed by atoms with Crippen LogP contribution in [0.15, 0.2) is 35.9 Å². The molecule has 1 amide bonds. The molecule has 0 aromatic heterocycles. The molecule has 1 aromatic carbocycles. The van der Waals surface area contributed by atoms with Crippen molar-refractivity contribution in [1.29, 1.82) is 0 Å². The third kappa shape index (κ3) is 5.66. The Kier molecular flexibility index (Phi) is 8.10. The first-order chi connectivity index (χ1) is 13.6. The molecular weight excluding hydrogens is 475 g/mol. The molecule has 0 spiro atoms. The van der Waals surface area contributed by atoms with Crippen LogP contribution in [0.1, 0.15) is 19.3 Å². The zero-order valence-corrected chi connectivity index (χ0v) is 17.8. The fourth-order valence-corrected chi connectivity index (χ4v) is 3.99. The monoisotopic (exact) mass is 502 g/mol. The molecule has 0 unspecified atom stereocenters. The van der Waals surface area contributed by atoms with Crippen LogP contribution < -0.4 is 15.4 Å². The summed E-state index contributed by atoms with van der Waals surface area (Å²) in [5, 5.41) is 25.9. The van der Waals surface area contributed by atoms with Crippen LogP contribution in [-0.4, -0.2) is 66.8 Å². The van der Waals surface area contributed by atoms with Crippen molar-refractivity contribution in [2.45, 2.75) is 43.6 Å². The van der Waals surface area contributed by atoms with Gasteiger partial charge < -0.3 is 30.3 Å². The molecule has 1 heterocycles. The van der Waals surface area contributed by atoms with Gasteiger partial charge in [0.05, 0.1) is 16.3 Å². The van der Waals surface area contributed by atoms with Crippen LogP contribution in [-0.2, 0) is 9.53 Å². The number of aliphatic hydroxyl groups excluding tert-OH is 2. The summed E-state index contributed by atoms with van der Waals surface area (Å²) in [6.45, 7) is 1.47. The average Bonchev–Trinajstić information content (AvgIpc) is 3.22. The van der Waals surface area contributed by atoms with Crippen molar-refractivity contribution in [2.75, 3.05) is 26.3 Å². The number of aliphatic hydroxyl groups is 2. The van der Waals surface area contributed by atoms with E-state index in [1.165, 1.54) is 0 Å². The van der Waals surface area contributed by atoms with Gasteiger partial charge in [-0.2, -0.15) is 0 Å². The number of carbonyl (C=O) groups is 1. The van der Waals surface area contributed by atoms with Crippen molar-refractivity contribution in [3.63, 3.8) is 0 Å². The quantitative estimate of drug-likeness (QED) is 0.396. The molecule has 1 aromatic rings. The average molecular weight is 502 g/mol. The number of ether oxygens (including phenoxy) is 2. The number of amides is 1. The predicted molar refractivity (Wildman–Crippen MR) is 113 cm³/mol. The Bertz CT molecular complexity index is 693. The molecule has 4 atom stereocenters. The maximum Gasteiger partial charge on any atom is 0.247 e. The zero-order valence-electron chi connectivity index (χ0n) is 15.6. The summed E-state index contributed by atoms with van der Waals surface area (Å²) in [5.74, 6) is 0.416. The maximum atomic E-state index is 12.5. The Morgan fingerprint density at radius 2 is 2.18 bits per heavy atom. The zero-order chi connectivity index (χ0) is 19.9. The molecule has 1 aliphatic heterocycles. The van der Waals surface area contributed by atoms with Gasteiger partial charge in [-0.25, -0.2) is 0 Å². The molecule has 0 radical (unpaired) electrons. The largest absolute Gasteiger partial charge is 0.482 e. The topological polar surface area (TPSA) is 100 Å². The number of hydrogen-bond acceptors (Lipinski definition) is 6. The van der Waals surface area contributed by atoms with E-state index in [0.29, 0.717) is 24.3 Å². The minimum absolute atomic E-state index is 0.121. The number of para-hydroxylation sites is 1. The van der Waals surface area contributed by atoms with Gasteiger partial charge in [-0.1, -0.05) is 12.1 Å². The number of nitrogens with one attached hydrogen (secondary N) is 2. The second kappa shape index (κ2) is 10.5. The van der Waals surface area contributed by atoms with Crippen molar-refractivity contribution in [3.05, 3.63) is 39.5 Å². The lowest BCUT2D eigenvalue weighted by molar-refractivity contribution is -0.118. The van der Waals surface area contributed by atoms with Crippen LogP contribution in [0.5, 0.6) is 5.75 Å². The summed E-state index contributed by atoms with van der Waals surface area (Å²) < 4.78 is 12.6. The highest BCUT2D eigenvalue weighted by molar-refractivity contribution is 14.1. The van der Waals surface area contributed by atoms with E-state index in [1.54, 1.807) is 6.08 Å². The SMILES string of the molecule is O=C(NCCO)C1=C[C@H](Oc2ccccc2I)[C@@H](O)[C@H](NC[C@@H]2CCCO2)C1. The molecule has 3 rings (SSSR count). The van der Waals surface area contributed by atoms with E-state index in [2.05, 4.69) is 33.2 Å². The second-order valence-corrected chi connectivity index (χ2v) is 8.19. The molecule has 2 aliphatic rings. The molecule has 1 saturated heterocycles. The van der Waals surface area contributed by atoms with Gasteiger partial charge in [0, 0.05) is 31.3 Å². The van der Waals surface area contributed by atoms with Crippen molar-refractivity contribution < 1.29 is 24.5 Å². The van der Waals surface area contributed by atoms with Crippen LogP contribution >= 0.6 is 22.6 Å². The normalized spacial score (nSPS) is 27.3. The highest BCUT2D eigenvalue weighted by Gasteiger charge is 2.36. The summed E-state index contributed by atoms with van der Waals surface area (Å²) in [4.78, 5) is 12.5. The summed E-state index contributed by atoms with van der Waals surface area (Å²) in [5.41, 5.74) is 0.541. The van der Waals surface area contributed by atoms with Gasteiger partial charge in [0.2, 0.25) is 5.91 Å². The molecule has 4 N–H and O–H groups in total. The van der Waals surface area contributed by atoms with Crippen LogP contribution in [0, 0.1) is 3.57 Å². The summed E-state index contributed by atoms with van der Waals surface area (Å²) >= 11 is 2.18. The molecule has 1 aliphatic carbocycles. The van der Waals surface area contributed by atoms with Crippen LogP contribution in [0.2, 0.25) is 0 Å². The van der Waals surface area contributed by atoms with Crippen molar-refractivity contribution in [3.8, 4) is 5.75 Å². The van der Waals surface area contributed by atoms with Gasteiger partial charge in [0.1, 0.15) is 18.0 Å². The van der Waals surface area contributed by atoms with E-state index in [-0.39, 0.29) is 31.2 Å². The number of halogens is 1. The fraction of sp³-hybridized carbons (Fsp3) is 0.550. The lowest BCUT2D eigenvalue weighted by Gasteiger charge is -2.35. The molecule has 1 fully saturated rings. The Balaban J connectivity index is 1.73. The van der Waals surface area contributed by atoms with E-state index in [4.69, 9.17) is 14.6 Å². The van der Waals surface area contributed by atoms with E-state index >= 15 is 0 Å². The first-order valence-electron chi connectivity index (χ1n) is 9.62. The van der Waals surface area contributed by atoms with E-state index < -0.39 is 12.2 Å². The van der Waals surface area contributed by atoms with Gasteiger partial charge >= 0.3 is 0 Å². The second-order valence-electron chi connectivity index (χ2n) is 7.03. The summed E-state index contributed by atoms with van der Waals surface area (Å²) in [7, 11) is 0. The summed E-state index contributed by atoms with van der Waals surface area (Å²) in [6, 6.07) is 7.24. The Morgan fingerprint density at radius 1 is 1.36 bits per heavy atom. The van der Waals surface area contributed by atoms with Gasteiger partial charge in [-0.15, -0.1) is 0 Å². The maximum absolute atomic E-state index is 12.5. The molecule has 0 bridgehead atoms. The molecule has 7 nitrogen and oxygen atoms in total. The molecule has 8 heteroatoms. The van der Waals surface area contributed by atoms with Gasteiger partial charge in [-0.05, 0) is 60.1 Å². The van der Waals surface area contributed by atoms with Crippen LogP contribution in [0.4, 0.5) is 0 Å². The van der Waals surface area contributed by atoms with Gasteiger partial charge in [-0.3, -0.25) is 4.79 Å². The summed E-state index contributed by atoms with van der Waals surface area (Å²) in [6.07, 6.45) is 2.80. The highest BCUT2D eigenvalue weighted by atomic mass is 127. The number of benzene rings is 1. The standard InChI is InChI=1S/C20H27IN2O5/c21-15-5-1-2-6-17(15)28-18-11-13(20(26)22-7-8-24)10-16(19(18)25)23-12-14-4-3-9-27-14/h1-2,5-6,11,14,16,18-19,23-25H,3-4,7-10,12H2,(H,22,26)/t14-,16+,18-,19-/m0/s1. The van der Waals surface area contributed by atoms with Gasteiger partial charge in [0.15, 0.2) is 0 Å². The van der Waals surface area contributed by atoms with Gasteiger partial charge in [0.25, 0.3) is 0 Å². The minimum atomic E-state index is -0.799. The number of rotatable bonds is 8. The van der Waals surface area contributed by atoms with Crippen molar-refractivity contribution in [1.82, 2.24) is 10.6 Å². The smallest absolute Gasteiger partial charge is 0.247 e.